The monoisotopic (exact) mass is 274 g/mol. The van der Waals surface area contributed by atoms with Crippen molar-refractivity contribution >= 4 is 10.0 Å². The molecule has 0 bridgehead atoms. The smallest absolute Gasteiger partial charge is 0.246 e. The highest BCUT2D eigenvalue weighted by Crippen LogP contribution is 2.20. The van der Waals surface area contributed by atoms with Crippen LogP contribution in [0.4, 0.5) is 0 Å². The van der Waals surface area contributed by atoms with Gasteiger partial charge >= 0.3 is 0 Å². The van der Waals surface area contributed by atoms with Gasteiger partial charge in [0.2, 0.25) is 10.0 Å². The largest absolute Gasteiger partial charge is 0.380 e. The molecule has 1 aromatic rings. The number of ether oxygens (including phenoxy) is 1. The Hall–Kier alpha value is -0.960. The molecular formula is C10H18N4O3S. The van der Waals surface area contributed by atoms with E-state index in [1.165, 1.54) is 21.4 Å². The molecule has 1 atom stereocenters. The zero-order valence-electron chi connectivity index (χ0n) is 10.3. The van der Waals surface area contributed by atoms with Crippen LogP contribution in [0.15, 0.2) is 17.3 Å². The second-order valence-corrected chi connectivity index (χ2v) is 6.26. The van der Waals surface area contributed by atoms with Crippen molar-refractivity contribution in [1.29, 1.82) is 0 Å². The lowest BCUT2D eigenvalue weighted by Gasteiger charge is -2.21. The third kappa shape index (κ3) is 2.56. The third-order valence-corrected chi connectivity index (χ3v) is 4.93. The number of hydrogen-bond acceptors (Lipinski definition) is 5. The number of likely N-dealkylation sites (N-methyl/N-ethyl adjacent to an activating group) is 1. The minimum absolute atomic E-state index is 0.0899. The number of sulfonamides is 1. The lowest BCUT2D eigenvalue weighted by molar-refractivity contribution is 0.181. The van der Waals surface area contributed by atoms with Crippen LogP contribution in [0.1, 0.15) is 6.42 Å². The van der Waals surface area contributed by atoms with E-state index in [1.807, 2.05) is 0 Å². The molecule has 1 aliphatic rings. The minimum atomic E-state index is -3.49. The van der Waals surface area contributed by atoms with Crippen molar-refractivity contribution in [3.63, 3.8) is 0 Å². The molecule has 2 rings (SSSR count). The molecule has 1 fully saturated rings. The van der Waals surface area contributed by atoms with Crippen molar-refractivity contribution in [3.05, 3.63) is 12.4 Å². The second kappa shape index (κ2) is 5.35. The van der Waals surface area contributed by atoms with E-state index in [0.717, 1.165) is 6.42 Å². The fourth-order valence-electron chi connectivity index (χ4n) is 1.90. The van der Waals surface area contributed by atoms with Gasteiger partial charge in [-0.3, -0.25) is 4.68 Å². The molecule has 1 aromatic heterocycles. The SMILES string of the molecule is CN(C1CCOC1)S(=O)(=O)c1cnn(CCN)c1. The summed E-state index contributed by atoms with van der Waals surface area (Å²) in [6.07, 6.45) is 3.60. The third-order valence-electron chi connectivity index (χ3n) is 3.06. The standard InChI is InChI=1S/C10H18N4O3S/c1-13(9-2-5-17-8-9)18(15,16)10-6-12-14(7-10)4-3-11/h6-7,9H,2-5,8,11H2,1H3. The fourth-order valence-corrected chi connectivity index (χ4v) is 3.23. The highest BCUT2D eigenvalue weighted by molar-refractivity contribution is 7.89. The van der Waals surface area contributed by atoms with E-state index in [1.54, 1.807) is 7.05 Å². The molecule has 0 aliphatic carbocycles. The first-order valence-electron chi connectivity index (χ1n) is 5.84. The van der Waals surface area contributed by atoms with E-state index in [0.29, 0.717) is 26.3 Å². The maximum Gasteiger partial charge on any atom is 0.246 e. The molecule has 0 aromatic carbocycles. The first-order valence-corrected chi connectivity index (χ1v) is 7.28. The van der Waals surface area contributed by atoms with E-state index >= 15 is 0 Å². The molecule has 1 aliphatic heterocycles. The van der Waals surface area contributed by atoms with Crippen LogP contribution >= 0.6 is 0 Å². The minimum Gasteiger partial charge on any atom is -0.380 e. The Morgan fingerprint density at radius 3 is 3.06 bits per heavy atom. The van der Waals surface area contributed by atoms with Gasteiger partial charge in [0, 0.05) is 26.4 Å². The zero-order chi connectivity index (χ0) is 13.2. The normalized spacial score (nSPS) is 20.7. The summed E-state index contributed by atoms with van der Waals surface area (Å²) in [6.45, 7) is 1.99. The zero-order valence-corrected chi connectivity index (χ0v) is 11.1. The number of nitrogens with two attached hydrogens (primary N) is 1. The molecule has 2 N–H and O–H groups in total. The van der Waals surface area contributed by atoms with Crippen molar-refractivity contribution in [2.45, 2.75) is 23.9 Å². The Kier molecular flexibility index (Phi) is 4.00. The van der Waals surface area contributed by atoms with Crippen molar-refractivity contribution in [2.24, 2.45) is 5.73 Å². The van der Waals surface area contributed by atoms with Crippen LogP contribution in [0.25, 0.3) is 0 Å². The van der Waals surface area contributed by atoms with Crippen molar-refractivity contribution in [2.75, 3.05) is 26.8 Å². The Labute approximate surface area is 107 Å². The molecular weight excluding hydrogens is 256 g/mol. The van der Waals surface area contributed by atoms with Gasteiger partial charge in [0.1, 0.15) is 4.90 Å². The molecule has 7 nitrogen and oxygen atoms in total. The Bertz CT molecular complexity index is 493. The highest BCUT2D eigenvalue weighted by Gasteiger charge is 2.31. The van der Waals surface area contributed by atoms with Crippen LogP contribution in [-0.2, 0) is 21.3 Å². The second-order valence-electron chi connectivity index (χ2n) is 4.27. The van der Waals surface area contributed by atoms with Gasteiger partial charge in [0.25, 0.3) is 0 Å². The van der Waals surface area contributed by atoms with Crippen LogP contribution in [-0.4, -0.2) is 55.4 Å². The predicted octanol–water partition coefficient (Wildman–Crippen LogP) is -0.749. The summed E-state index contributed by atoms with van der Waals surface area (Å²) in [5.74, 6) is 0. The maximum atomic E-state index is 12.3. The van der Waals surface area contributed by atoms with E-state index < -0.39 is 10.0 Å². The predicted molar refractivity (Wildman–Crippen MR) is 65.5 cm³/mol. The molecule has 1 unspecified atom stereocenters. The summed E-state index contributed by atoms with van der Waals surface area (Å²) in [7, 11) is -1.91. The molecule has 1 saturated heterocycles. The van der Waals surface area contributed by atoms with Crippen LogP contribution in [0.2, 0.25) is 0 Å². The van der Waals surface area contributed by atoms with Gasteiger partial charge in [0.15, 0.2) is 0 Å². The Balaban J connectivity index is 2.18. The number of nitrogens with zero attached hydrogens (tertiary/aromatic N) is 3. The molecule has 18 heavy (non-hydrogen) atoms. The summed E-state index contributed by atoms with van der Waals surface area (Å²) in [5.41, 5.74) is 5.40. The van der Waals surface area contributed by atoms with E-state index in [2.05, 4.69) is 5.10 Å². The van der Waals surface area contributed by atoms with Crippen molar-refractivity contribution in [3.8, 4) is 0 Å². The average Bonchev–Trinajstić information content (AvgIpc) is 2.99. The van der Waals surface area contributed by atoms with Gasteiger partial charge in [-0.15, -0.1) is 0 Å². The average molecular weight is 274 g/mol. The first-order chi connectivity index (χ1) is 8.55. The van der Waals surface area contributed by atoms with Gasteiger partial charge in [0.05, 0.1) is 25.4 Å². The van der Waals surface area contributed by atoms with Gasteiger partial charge in [-0.2, -0.15) is 9.40 Å². The molecule has 8 heteroatoms. The lowest BCUT2D eigenvalue weighted by atomic mass is 10.3. The topological polar surface area (TPSA) is 90.5 Å². The Morgan fingerprint density at radius 1 is 1.67 bits per heavy atom. The number of hydrogen-bond donors (Lipinski definition) is 1. The van der Waals surface area contributed by atoms with Gasteiger partial charge in [-0.25, -0.2) is 8.42 Å². The van der Waals surface area contributed by atoms with Crippen LogP contribution in [0.3, 0.4) is 0 Å². The molecule has 0 amide bonds. The number of aromatic nitrogens is 2. The van der Waals surface area contributed by atoms with Gasteiger partial charge in [-0.05, 0) is 6.42 Å². The summed E-state index contributed by atoms with van der Waals surface area (Å²) in [6, 6.07) is -0.0899. The van der Waals surface area contributed by atoms with Crippen molar-refractivity contribution < 1.29 is 13.2 Å². The van der Waals surface area contributed by atoms with Crippen LogP contribution < -0.4 is 5.73 Å². The summed E-state index contributed by atoms with van der Waals surface area (Å²) in [4.78, 5) is 0.199. The van der Waals surface area contributed by atoms with Crippen LogP contribution in [0, 0.1) is 0 Å². The lowest BCUT2D eigenvalue weighted by Crippen LogP contribution is -2.37. The van der Waals surface area contributed by atoms with Gasteiger partial charge < -0.3 is 10.5 Å². The molecule has 0 spiro atoms. The molecule has 102 valence electrons. The summed E-state index contributed by atoms with van der Waals surface area (Å²) in [5, 5.41) is 3.98. The summed E-state index contributed by atoms with van der Waals surface area (Å²) < 4.78 is 32.8. The Morgan fingerprint density at radius 2 is 2.44 bits per heavy atom. The van der Waals surface area contributed by atoms with E-state index in [9.17, 15) is 8.42 Å². The quantitative estimate of drug-likeness (QED) is 0.763. The van der Waals surface area contributed by atoms with E-state index in [4.69, 9.17) is 10.5 Å². The summed E-state index contributed by atoms with van der Waals surface area (Å²) >= 11 is 0. The van der Waals surface area contributed by atoms with E-state index in [-0.39, 0.29) is 10.9 Å². The first kappa shape index (κ1) is 13.5. The highest BCUT2D eigenvalue weighted by atomic mass is 32.2. The molecule has 0 saturated carbocycles. The molecule has 2 heterocycles. The van der Waals surface area contributed by atoms with Crippen LogP contribution in [0.5, 0.6) is 0 Å². The number of rotatable bonds is 5. The fraction of sp³-hybridized carbons (Fsp3) is 0.700. The van der Waals surface area contributed by atoms with Gasteiger partial charge in [-0.1, -0.05) is 0 Å². The maximum absolute atomic E-state index is 12.3. The van der Waals surface area contributed by atoms with Crippen molar-refractivity contribution in [1.82, 2.24) is 14.1 Å². The molecule has 0 radical (unpaired) electrons.